The van der Waals surface area contributed by atoms with Crippen LogP contribution in [0, 0.1) is 0 Å². The lowest BCUT2D eigenvalue weighted by Gasteiger charge is -2.12. The van der Waals surface area contributed by atoms with Gasteiger partial charge in [-0.3, -0.25) is 0 Å². The van der Waals surface area contributed by atoms with Gasteiger partial charge in [0.2, 0.25) is 0 Å². The normalized spacial score (nSPS) is 13.6. The summed E-state index contributed by atoms with van der Waals surface area (Å²) in [6, 6.07) is 14.8. The van der Waals surface area contributed by atoms with Crippen molar-refractivity contribution in [2.75, 3.05) is 18.5 Å². The van der Waals surface area contributed by atoms with Gasteiger partial charge in [0.1, 0.15) is 0 Å². The van der Waals surface area contributed by atoms with Crippen LogP contribution in [-0.4, -0.2) is 13.6 Å². The van der Waals surface area contributed by atoms with E-state index in [9.17, 15) is 0 Å². The highest BCUT2D eigenvalue weighted by Gasteiger charge is 2.15. The maximum Gasteiger partial charge on any atom is 0.0406 e. The molecule has 0 bridgehead atoms. The Kier molecular flexibility index (Phi) is 3.95. The molecule has 0 fully saturated rings. The van der Waals surface area contributed by atoms with Gasteiger partial charge < -0.3 is 10.2 Å². The summed E-state index contributed by atoms with van der Waals surface area (Å²) in [7, 11) is 2.16. The monoisotopic (exact) mass is 286 g/mol. The van der Waals surface area contributed by atoms with Crippen molar-refractivity contribution in [3.8, 4) is 0 Å². The van der Waals surface area contributed by atoms with Crippen molar-refractivity contribution in [3.05, 3.63) is 64.2 Å². The molecule has 0 spiro atoms. The van der Waals surface area contributed by atoms with Gasteiger partial charge in [0.05, 0.1) is 0 Å². The second-order valence-electron chi connectivity index (χ2n) is 5.36. The molecule has 0 aliphatic carbocycles. The highest BCUT2D eigenvalue weighted by atomic mass is 35.5. The second kappa shape index (κ2) is 5.86. The zero-order chi connectivity index (χ0) is 13.9. The van der Waals surface area contributed by atoms with Crippen LogP contribution >= 0.6 is 11.6 Å². The van der Waals surface area contributed by atoms with Crippen molar-refractivity contribution in [3.63, 3.8) is 0 Å². The predicted molar refractivity (Wildman–Crippen MR) is 85.4 cm³/mol. The first-order valence-electron chi connectivity index (χ1n) is 7.00. The average Bonchev–Trinajstić information content (AvgIpc) is 2.82. The summed E-state index contributed by atoms with van der Waals surface area (Å²) < 4.78 is 0. The van der Waals surface area contributed by atoms with Crippen LogP contribution in [0.25, 0.3) is 0 Å². The summed E-state index contributed by atoms with van der Waals surface area (Å²) in [6.07, 6.45) is 1.16. The summed E-state index contributed by atoms with van der Waals surface area (Å²) in [6.45, 7) is 2.91. The lowest BCUT2D eigenvalue weighted by molar-refractivity contribution is 0.693. The van der Waals surface area contributed by atoms with Crippen LogP contribution in [0.4, 0.5) is 5.69 Å². The van der Waals surface area contributed by atoms with Gasteiger partial charge >= 0.3 is 0 Å². The van der Waals surface area contributed by atoms with Crippen LogP contribution < -0.4 is 10.2 Å². The Morgan fingerprint density at radius 1 is 1.05 bits per heavy atom. The van der Waals surface area contributed by atoms with Gasteiger partial charge in [-0.2, -0.15) is 0 Å². The fraction of sp³-hybridized carbons (Fsp3) is 0.294. The quantitative estimate of drug-likeness (QED) is 0.923. The Hall–Kier alpha value is -1.51. The van der Waals surface area contributed by atoms with Crippen LogP contribution in [0.3, 0.4) is 0 Å². The molecule has 104 valence electrons. The molecule has 1 N–H and O–H groups in total. The van der Waals surface area contributed by atoms with Crippen molar-refractivity contribution in [1.82, 2.24) is 5.32 Å². The molecule has 2 aromatic rings. The van der Waals surface area contributed by atoms with E-state index in [-0.39, 0.29) is 0 Å². The van der Waals surface area contributed by atoms with E-state index < -0.39 is 0 Å². The first kappa shape index (κ1) is 13.5. The number of rotatable bonds is 4. The summed E-state index contributed by atoms with van der Waals surface area (Å²) in [5, 5.41) is 4.27. The molecule has 1 aliphatic heterocycles. The predicted octanol–water partition coefficient (Wildman–Crippen LogP) is 3.62. The third kappa shape index (κ3) is 2.97. The van der Waals surface area contributed by atoms with E-state index >= 15 is 0 Å². The largest absolute Gasteiger partial charge is 0.374 e. The third-order valence-corrected chi connectivity index (χ3v) is 4.10. The molecule has 2 nitrogen and oxygen atoms in total. The van der Waals surface area contributed by atoms with Gasteiger partial charge in [0.15, 0.2) is 0 Å². The molecule has 0 saturated heterocycles. The Labute approximate surface area is 125 Å². The molecular weight excluding hydrogens is 268 g/mol. The van der Waals surface area contributed by atoms with Crippen LogP contribution in [-0.2, 0) is 19.5 Å². The molecule has 1 heterocycles. The van der Waals surface area contributed by atoms with Gasteiger partial charge in [-0.25, -0.2) is 0 Å². The summed E-state index contributed by atoms with van der Waals surface area (Å²) >= 11 is 5.88. The second-order valence-corrected chi connectivity index (χ2v) is 5.80. The number of halogens is 1. The molecule has 20 heavy (non-hydrogen) atoms. The Morgan fingerprint density at radius 2 is 1.75 bits per heavy atom. The van der Waals surface area contributed by atoms with Crippen molar-refractivity contribution in [2.24, 2.45) is 0 Å². The van der Waals surface area contributed by atoms with Gasteiger partial charge in [0, 0.05) is 37.4 Å². The maximum absolute atomic E-state index is 5.88. The SMILES string of the molecule is CN1CCc2cc(CNCc3ccc(Cl)cc3)ccc21. The van der Waals surface area contributed by atoms with E-state index in [1.165, 1.54) is 22.4 Å². The molecular formula is C17H19ClN2. The summed E-state index contributed by atoms with van der Waals surface area (Å²) in [5.74, 6) is 0. The number of fused-ring (bicyclic) bond motifs is 1. The zero-order valence-electron chi connectivity index (χ0n) is 11.7. The van der Waals surface area contributed by atoms with E-state index in [4.69, 9.17) is 11.6 Å². The lowest BCUT2D eigenvalue weighted by Crippen LogP contribution is -2.13. The molecule has 3 heteroatoms. The molecule has 0 atom stereocenters. The van der Waals surface area contributed by atoms with Crippen LogP contribution in [0.5, 0.6) is 0 Å². The van der Waals surface area contributed by atoms with Gasteiger partial charge in [-0.15, -0.1) is 0 Å². The smallest absolute Gasteiger partial charge is 0.0406 e. The first-order chi connectivity index (χ1) is 9.72. The van der Waals surface area contributed by atoms with Crippen molar-refractivity contribution in [2.45, 2.75) is 19.5 Å². The van der Waals surface area contributed by atoms with Crippen molar-refractivity contribution < 1.29 is 0 Å². The number of benzene rings is 2. The highest BCUT2D eigenvalue weighted by Crippen LogP contribution is 2.27. The molecule has 0 amide bonds. The number of hydrogen-bond acceptors (Lipinski definition) is 2. The molecule has 0 saturated carbocycles. The fourth-order valence-corrected chi connectivity index (χ4v) is 2.81. The molecule has 0 unspecified atom stereocenters. The minimum atomic E-state index is 0.788. The topological polar surface area (TPSA) is 15.3 Å². The standard InChI is InChI=1S/C17H19ClN2/c1-20-9-8-15-10-14(4-7-17(15)20)12-19-11-13-2-5-16(18)6-3-13/h2-7,10,19H,8-9,11-12H2,1H3. The van der Waals surface area contributed by atoms with Gasteiger partial charge in [-0.05, 0) is 41.3 Å². The number of nitrogens with one attached hydrogen (secondary N) is 1. The van der Waals surface area contributed by atoms with Crippen molar-refractivity contribution >= 4 is 17.3 Å². The minimum absolute atomic E-state index is 0.788. The van der Waals surface area contributed by atoms with E-state index in [1.807, 2.05) is 12.1 Å². The van der Waals surface area contributed by atoms with E-state index in [0.29, 0.717) is 0 Å². The van der Waals surface area contributed by atoms with Gasteiger partial charge in [-0.1, -0.05) is 35.9 Å². The van der Waals surface area contributed by atoms with Crippen LogP contribution in [0.15, 0.2) is 42.5 Å². The van der Waals surface area contributed by atoms with Crippen LogP contribution in [0.2, 0.25) is 5.02 Å². The average molecular weight is 287 g/mol. The Morgan fingerprint density at radius 3 is 2.55 bits per heavy atom. The Balaban J connectivity index is 1.58. The molecule has 2 aromatic carbocycles. The number of likely N-dealkylation sites (N-methyl/N-ethyl adjacent to an activating group) is 1. The van der Waals surface area contributed by atoms with E-state index in [1.54, 1.807) is 0 Å². The molecule has 1 aliphatic rings. The Bertz CT molecular complexity index is 592. The fourth-order valence-electron chi connectivity index (χ4n) is 2.68. The minimum Gasteiger partial charge on any atom is -0.374 e. The lowest BCUT2D eigenvalue weighted by atomic mass is 10.1. The number of anilines is 1. The summed E-state index contributed by atoms with van der Waals surface area (Å²) in [5.41, 5.74) is 5.47. The van der Waals surface area contributed by atoms with Gasteiger partial charge in [0.25, 0.3) is 0 Å². The summed E-state index contributed by atoms with van der Waals surface area (Å²) in [4.78, 5) is 2.32. The van der Waals surface area contributed by atoms with Crippen molar-refractivity contribution in [1.29, 1.82) is 0 Å². The third-order valence-electron chi connectivity index (χ3n) is 3.84. The first-order valence-corrected chi connectivity index (χ1v) is 7.38. The zero-order valence-corrected chi connectivity index (χ0v) is 12.5. The van der Waals surface area contributed by atoms with Crippen LogP contribution in [0.1, 0.15) is 16.7 Å². The molecule has 0 aromatic heterocycles. The van der Waals surface area contributed by atoms with E-state index in [2.05, 4.69) is 47.6 Å². The molecule has 3 rings (SSSR count). The number of hydrogen-bond donors (Lipinski definition) is 1. The van der Waals surface area contributed by atoms with E-state index in [0.717, 1.165) is 31.1 Å². The number of nitrogens with zero attached hydrogens (tertiary/aromatic N) is 1. The highest BCUT2D eigenvalue weighted by molar-refractivity contribution is 6.30. The maximum atomic E-state index is 5.88. The molecule has 0 radical (unpaired) electrons.